The van der Waals surface area contributed by atoms with Crippen molar-refractivity contribution in [2.75, 3.05) is 6.61 Å². The maximum Gasteiger partial charge on any atom is 0.337 e. The van der Waals surface area contributed by atoms with Crippen molar-refractivity contribution in [1.29, 1.82) is 0 Å². The molecule has 0 radical (unpaired) electrons. The van der Waals surface area contributed by atoms with Gasteiger partial charge >= 0.3 is 5.97 Å². The van der Waals surface area contributed by atoms with Gasteiger partial charge < -0.3 is 14.9 Å². The van der Waals surface area contributed by atoms with Crippen molar-refractivity contribution in [2.24, 2.45) is 0 Å². The topological polar surface area (TPSA) is 66.8 Å². The minimum Gasteiger partial charge on any atom is -0.464 e. The molecule has 0 spiro atoms. The molecule has 0 fully saturated rings. The number of aliphatic hydroxyl groups is 2. The maximum atomic E-state index is 11.0. The van der Waals surface area contributed by atoms with E-state index in [9.17, 15) is 15.0 Å². The quantitative estimate of drug-likeness (QED) is 0.540. The van der Waals surface area contributed by atoms with Crippen LogP contribution < -0.4 is 0 Å². The molecule has 0 saturated heterocycles. The molecule has 1 aromatic carbocycles. The lowest BCUT2D eigenvalue weighted by molar-refractivity contribution is -0.159. The van der Waals surface area contributed by atoms with Gasteiger partial charge in [-0.05, 0) is 6.92 Å². The molecule has 0 saturated carbocycles. The molecule has 4 heteroatoms. The number of carbonyl (C=O) groups excluding carboxylic acids is 1. The summed E-state index contributed by atoms with van der Waals surface area (Å²) in [5.74, 6) is -0.804. The van der Waals surface area contributed by atoms with E-state index in [4.69, 9.17) is 0 Å². The van der Waals surface area contributed by atoms with Crippen molar-refractivity contribution >= 4 is 5.97 Å². The average Bonchev–Trinajstić information content (AvgIpc) is 2.68. The van der Waals surface area contributed by atoms with Crippen molar-refractivity contribution in [3.63, 3.8) is 0 Å². The predicted octanol–water partition coefficient (Wildman–Crippen LogP) is 0.363. The molecular weight excluding hydrogens is 184 g/mol. The first-order valence-electron chi connectivity index (χ1n) is 4.41. The molecule has 2 N–H and O–H groups in total. The molecule has 0 aliphatic carbocycles. The lowest BCUT2D eigenvalue weighted by Crippen LogP contribution is -2.29. The van der Waals surface area contributed by atoms with Crippen molar-refractivity contribution in [2.45, 2.75) is 19.1 Å². The van der Waals surface area contributed by atoms with Crippen molar-refractivity contribution in [3.05, 3.63) is 29.8 Å². The third kappa shape index (κ3) is 2.37. The van der Waals surface area contributed by atoms with Gasteiger partial charge in [0.25, 0.3) is 0 Å². The van der Waals surface area contributed by atoms with Gasteiger partial charge in [0.2, 0.25) is 0 Å². The van der Waals surface area contributed by atoms with Crippen LogP contribution in [0.25, 0.3) is 0 Å². The normalized spacial score (nSPS) is 14.8. The largest absolute Gasteiger partial charge is 0.464 e. The second-order valence-electron chi connectivity index (χ2n) is 2.86. The third-order valence-corrected chi connectivity index (χ3v) is 1.86. The van der Waals surface area contributed by atoms with E-state index in [0.29, 0.717) is 5.56 Å². The van der Waals surface area contributed by atoms with E-state index >= 15 is 0 Å². The molecule has 0 bridgehead atoms. The Kier molecular flexibility index (Phi) is 3.73. The highest BCUT2D eigenvalue weighted by molar-refractivity contribution is 5.75. The zero-order valence-electron chi connectivity index (χ0n) is 7.88. The summed E-state index contributed by atoms with van der Waals surface area (Å²) in [6.45, 7) is 1.82. The van der Waals surface area contributed by atoms with Crippen LogP contribution in [0.2, 0.25) is 0 Å². The number of hydrogen-bond acceptors (Lipinski definition) is 4. The number of aliphatic hydroxyl groups excluding tert-OH is 2. The van der Waals surface area contributed by atoms with E-state index in [1.54, 1.807) is 31.2 Å². The minimum atomic E-state index is -1.52. The van der Waals surface area contributed by atoms with E-state index < -0.39 is 18.2 Å². The maximum absolute atomic E-state index is 11.0. The number of ether oxygens (including phenoxy) is 1. The van der Waals surface area contributed by atoms with Gasteiger partial charge in [-0.15, -0.1) is 5.56 Å². The number of carbonyl (C=O) groups is 1. The molecular formula is C10H13O4-. The molecule has 0 aromatic heterocycles. The highest BCUT2D eigenvalue weighted by Crippen LogP contribution is 2.17. The number of esters is 1. The molecule has 2 atom stereocenters. The first kappa shape index (κ1) is 10.8. The molecule has 0 amide bonds. The molecule has 14 heavy (non-hydrogen) atoms. The summed E-state index contributed by atoms with van der Waals surface area (Å²) in [7, 11) is 0. The molecule has 0 heterocycles. The number of rotatable bonds is 4. The summed E-state index contributed by atoms with van der Waals surface area (Å²) in [5, 5.41) is 18.9. The van der Waals surface area contributed by atoms with Crippen LogP contribution >= 0.6 is 0 Å². The highest BCUT2D eigenvalue weighted by Gasteiger charge is 2.24. The monoisotopic (exact) mass is 197 g/mol. The smallest absolute Gasteiger partial charge is 0.337 e. The summed E-state index contributed by atoms with van der Waals surface area (Å²) >= 11 is 0. The molecule has 1 aromatic rings. The molecule has 4 nitrogen and oxygen atoms in total. The van der Waals surface area contributed by atoms with Gasteiger partial charge in [-0.3, -0.25) is 0 Å². The van der Waals surface area contributed by atoms with Gasteiger partial charge in [-0.25, -0.2) is 16.9 Å². The Morgan fingerprint density at radius 1 is 1.64 bits per heavy atom. The lowest BCUT2D eigenvalue weighted by Gasteiger charge is -2.17. The fourth-order valence-electron chi connectivity index (χ4n) is 1.12. The zero-order valence-corrected chi connectivity index (χ0v) is 7.88. The summed E-state index contributed by atoms with van der Waals surface area (Å²) in [6, 6.07) is 6.70. The van der Waals surface area contributed by atoms with Gasteiger partial charge in [0.15, 0.2) is 6.10 Å². The van der Waals surface area contributed by atoms with Crippen molar-refractivity contribution in [1.82, 2.24) is 0 Å². The lowest BCUT2D eigenvalue weighted by atomic mass is 10.1. The van der Waals surface area contributed by atoms with Crippen LogP contribution in [-0.4, -0.2) is 28.9 Å². The van der Waals surface area contributed by atoms with Crippen LogP contribution in [0.5, 0.6) is 0 Å². The van der Waals surface area contributed by atoms with E-state index in [1.165, 1.54) is 0 Å². The van der Waals surface area contributed by atoms with E-state index in [2.05, 4.69) is 4.74 Å². The van der Waals surface area contributed by atoms with Gasteiger partial charge in [0, 0.05) is 0 Å². The fraction of sp³-hybridized carbons (Fsp3) is 0.400. The second kappa shape index (κ2) is 4.83. The standard InChI is InChI=1S/C10H13O4/c1-2-14-10(13)9(12)8(11)7-5-3-4-6-7/h3-6,8-9,11-12H,2H2,1H3/q-1/t8-,9+/m1/s1. The summed E-state index contributed by atoms with van der Waals surface area (Å²) in [6.07, 6.45) is -2.73. The Morgan fingerprint density at radius 3 is 2.86 bits per heavy atom. The summed E-state index contributed by atoms with van der Waals surface area (Å²) < 4.78 is 4.57. The first-order valence-corrected chi connectivity index (χ1v) is 4.41. The van der Waals surface area contributed by atoms with Gasteiger partial charge in [0.05, 0.1) is 12.7 Å². The zero-order chi connectivity index (χ0) is 10.6. The van der Waals surface area contributed by atoms with Crippen LogP contribution in [0, 0.1) is 0 Å². The Morgan fingerprint density at radius 2 is 2.36 bits per heavy atom. The van der Waals surface area contributed by atoms with E-state index in [-0.39, 0.29) is 6.61 Å². The van der Waals surface area contributed by atoms with Gasteiger partial charge in [0.1, 0.15) is 0 Å². The van der Waals surface area contributed by atoms with Crippen LogP contribution in [0.1, 0.15) is 18.6 Å². The van der Waals surface area contributed by atoms with Crippen molar-refractivity contribution in [3.8, 4) is 0 Å². The highest BCUT2D eigenvalue weighted by atomic mass is 16.5. The Hall–Kier alpha value is -1.26. The summed E-state index contributed by atoms with van der Waals surface area (Å²) in [4.78, 5) is 11.0. The van der Waals surface area contributed by atoms with Crippen LogP contribution in [0.15, 0.2) is 24.3 Å². The average molecular weight is 197 g/mol. The Labute approximate surface area is 82.1 Å². The van der Waals surface area contributed by atoms with Gasteiger partial charge in [-0.2, -0.15) is 12.1 Å². The number of hydrogen-bond donors (Lipinski definition) is 2. The molecule has 1 rings (SSSR count). The fourth-order valence-corrected chi connectivity index (χ4v) is 1.12. The van der Waals surface area contributed by atoms with Crippen LogP contribution in [0.3, 0.4) is 0 Å². The minimum absolute atomic E-state index is 0.184. The third-order valence-electron chi connectivity index (χ3n) is 1.86. The predicted molar refractivity (Wildman–Crippen MR) is 49.6 cm³/mol. The van der Waals surface area contributed by atoms with Crippen LogP contribution in [0.4, 0.5) is 0 Å². The van der Waals surface area contributed by atoms with Crippen LogP contribution in [-0.2, 0) is 9.53 Å². The van der Waals surface area contributed by atoms with Crippen molar-refractivity contribution < 1.29 is 19.7 Å². The Bertz CT molecular complexity index is 278. The van der Waals surface area contributed by atoms with E-state index in [1.807, 2.05) is 0 Å². The second-order valence-corrected chi connectivity index (χ2v) is 2.86. The molecule has 0 aliphatic rings. The molecule has 0 aliphatic heterocycles. The van der Waals surface area contributed by atoms with Gasteiger partial charge in [-0.1, -0.05) is 0 Å². The first-order chi connectivity index (χ1) is 6.66. The molecule has 0 unspecified atom stereocenters. The Balaban J connectivity index is 2.61. The summed E-state index contributed by atoms with van der Waals surface area (Å²) in [5.41, 5.74) is 0.505. The molecule has 78 valence electrons. The van der Waals surface area contributed by atoms with E-state index in [0.717, 1.165) is 0 Å². The SMILES string of the molecule is CCOC(=O)[C@@H](O)[C@H](O)c1ccc[cH-]1.